The molecule has 0 spiro atoms. The minimum absolute atomic E-state index is 0.161. The van der Waals surface area contributed by atoms with Crippen molar-refractivity contribution in [3.8, 4) is 0 Å². The van der Waals surface area contributed by atoms with E-state index in [1.54, 1.807) is 20.8 Å². The molecular weight excluding hydrogens is 202 g/mol. The zero-order chi connectivity index (χ0) is 11.4. The van der Waals surface area contributed by atoms with Gasteiger partial charge in [0.15, 0.2) is 9.84 Å². The molecule has 0 bridgehead atoms. The highest BCUT2D eigenvalue weighted by Crippen LogP contribution is 2.01. The lowest BCUT2D eigenvalue weighted by Gasteiger charge is -2.18. The molecule has 0 aromatic carbocycles. The van der Waals surface area contributed by atoms with E-state index in [4.69, 9.17) is 5.11 Å². The van der Waals surface area contributed by atoms with Gasteiger partial charge in [-0.2, -0.15) is 0 Å². The molecule has 1 unspecified atom stereocenters. The number of aliphatic hydroxyl groups excluding tert-OH is 1. The molecule has 0 aliphatic heterocycles. The van der Waals surface area contributed by atoms with Crippen LogP contribution < -0.4 is 0 Å². The second-order valence-corrected chi connectivity index (χ2v) is 6.70. The van der Waals surface area contributed by atoms with E-state index in [1.807, 2.05) is 11.9 Å². The summed E-state index contributed by atoms with van der Waals surface area (Å²) >= 11 is 0. The van der Waals surface area contributed by atoms with Gasteiger partial charge in [0, 0.05) is 13.1 Å². The molecule has 0 radical (unpaired) electrons. The Labute approximate surface area is 86.8 Å². The van der Waals surface area contributed by atoms with Gasteiger partial charge < -0.3 is 10.0 Å². The molecule has 1 N–H and O–H groups in total. The van der Waals surface area contributed by atoms with Gasteiger partial charge in [-0.15, -0.1) is 0 Å². The minimum Gasteiger partial charge on any atom is -0.392 e. The van der Waals surface area contributed by atoms with Crippen molar-refractivity contribution in [3.05, 3.63) is 0 Å². The second kappa shape index (κ2) is 5.68. The van der Waals surface area contributed by atoms with Gasteiger partial charge in [0.1, 0.15) is 0 Å². The maximum atomic E-state index is 11.4. The number of nitrogens with zero attached hydrogens (tertiary/aromatic N) is 1. The summed E-state index contributed by atoms with van der Waals surface area (Å²) in [5.41, 5.74) is 0. The first-order valence-electron chi connectivity index (χ1n) is 4.84. The highest BCUT2D eigenvalue weighted by atomic mass is 32.2. The monoisotopic (exact) mass is 223 g/mol. The molecule has 5 heteroatoms. The molecule has 0 amide bonds. The summed E-state index contributed by atoms with van der Waals surface area (Å²) in [5, 5.41) is 8.75. The van der Waals surface area contributed by atoms with E-state index < -0.39 is 15.9 Å². The van der Waals surface area contributed by atoms with Gasteiger partial charge in [0.05, 0.1) is 17.1 Å². The first kappa shape index (κ1) is 13.9. The van der Waals surface area contributed by atoms with Crippen LogP contribution in [0.4, 0.5) is 0 Å². The van der Waals surface area contributed by atoms with Crippen molar-refractivity contribution < 1.29 is 13.5 Å². The Balaban J connectivity index is 3.95. The molecule has 0 fully saturated rings. The third-order valence-electron chi connectivity index (χ3n) is 2.05. The first-order chi connectivity index (χ1) is 6.25. The van der Waals surface area contributed by atoms with E-state index in [1.165, 1.54) is 0 Å². The Bertz CT molecular complexity index is 247. The van der Waals surface area contributed by atoms with Gasteiger partial charge in [-0.1, -0.05) is 0 Å². The fraction of sp³-hybridized carbons (Fsp3) is 1.00. The first-order valence-corrected chi connectivity index (χ1v) is 6.55. The van der Waals surface area contributed by atoms with Gasteiger partial charge in [0.25, 0.3) is 0 Å². The van der Waals surface area contributed by atoms with Gasteiger partial charge >= 0.3 is 0 Å². The molecule has 0 saturated heterocycles. The quantitative estimate of drug-likeness (QED) is 0.695. The van der Waals surface area contributed by atoms with Crippen LogP contribution in [0.25, 0.3) is 0 Å². The van der Waals surface area contributed by atoms with Crippen LogP contribution in [0.2, 0.25) is 0 Å². The molecule has 0 rings (SSSR count). The van der Waals surface area contributed by atoms with Gasteiger partial charge in [-0.25, -0.2) is 8.42 Å². The van der Waals surface area contributed by atoms with Crippen LogP contribution in [0.1, 0.15) is 20.8 Å². The zero-order valence-corrected chi connectivity index (χ0v) is 10.2. The molecular formula is C9H21NO3S. The molecule has 0 aromatic heterocycles. The van der Waals surface area contributed by atoms with E-state index in [2.05, 4.69) is 0 Å². The third-order valence-corrected chi connectivity index (χ3v) is 4.24. The Morgan fingerprint density at radius 3 is 2.14 bits per heavy atom. The summed E-state index contributed by atoms with van der Waals surface area (Å²) in [6.07, 6.45) is -0.415. The summed E-state index contributed by atoms with van der Waals surface area (Å²) < 4.78 is 22.9. The number of aliphatic hydroxyl groups is 1. The number of hydrogen-bond donors (Lipinski definition) is 1. The molecule has 0 aliphatic carbocycles. The maximum Gasteiger partial charge on any atom is 0.153 e. The Hall–Kier alpha value is -0.130. The van der Waals surface area contributed by atoms with Crippen LogP contribution in [0.15, 0.2) is 0 Å². The molecule has 4 nitrogen and oxygen atoms in total. The highest BCUT2D eigenvalue weighted by molar-refractivity contribution is 7.92. The number of rotatable bonds is 6. The molecule has 1 atom stereocenters. The SMILES string of the molecule is CC(O)CN(C)CCS(=O)(=O)C(C)C. The Kier molecular flexibility index (Phi) is 5.63. The van der Waals surface area contributed by atoms with Crippen molar-refractivity contribution in [1.29, 1.82) is 0 Å². The average molecular weight is 223 g/mol. The molecule has 14 heavy (non-hydrogen) atoms. The van der Waals surface area contributed by atoms with Crippen molar-refractivity contribution in [3.63, 3.8) is 0 Å². The van der Waals surface area contributed by atoms with Gasteiger partial charge in [0.2, 0.25) is 0 Å². The van der Waals surface area contributed by atoms with Crippen LogP contribution in [0.5, 0.6) is 0 Å². The lowest BCUT2D eigenvalue weighted by Crippen LogP contribution is -2.33. The lowest BCUT2D eigenvalue weighted by atomic mass is 10.4. The van der Waals surface area contributed by atoms with Crippen LogP contribution >= 0.6 is 0 Å². The van der Waals surface area contributed by atoms with E-state index in [9.17, 15) is 8.42 Å². The van der Waals surface area contributed by atoms with Crippen LogP contribution in [-0.4, -0.2) is 55.7 Å². The topological polar surface area (TPSA) is 57.6 Å². The summed E-state index contributed by atoms with van der Waals surface area (Å²) in [6.45, 7) is 6.04. The van der Waals surface area contributed by atoms with E-state index in [0.29, 0.717) is 13.1 Å². The smallest absolute Gasteiger partial charge is 0.153 e. The van der Waals surface area contributed by atoms with E-state index in [0.717, 1.165) is 0 Å². The predicted octanol–water partition coefficient (Wildman–Crippen LogP) is 0.122. The molecule has 0 heterocycles. The summed E-state index contributed by atoms with van der Waals surface area (Å²) in [5.74, 6) is 0.161. The highest BCUT2D eigenvalue weighted by Gasteiger charge is 2.16. The average Bonchev–Trinajstić information content (AvgIpc) is 1.99. The van der Waals surface area contributed by atoms with Crippen LogP contribution in [-0.2, 0) is 9.84 Å². The second-order valence-electron chi connectivity index (χ2n) is 4.03. The van der Waals surface area contributed by atoms with Crippen molar-refractivity contribution in [2.24, 2.45) is 0 Å². The summed E-state index contributed by atoms with van der Waals surface area (Å²) in [4.78, 5) is 1.82. The molecule has 0 aromatic rings. The lowest BCUT2D eigenvalue weighted by molar-refractivity contribution is 0.145. The largest absolute Gasteiger partial charge is 0.392 e. The van der Waals surface area contributed by atoms with E-state index >= 15 is 0 Å². The molecule has 0 aliphatic rings. The Morgan fingerprint density at radius 2 is 1.79 bits per heavy atom. The number of likely N-dealkylation sites (N-methyl/N-ethyl adjacent to an activating group) is 1. The molecule has 0 saturated carbocycles. The van der Waals surface area contributed by atoms with Crippen molar-refractivity contribution in [2.75, 3.05) is 25.9 Å². The maximum absolute atomic E-state index is 11.4. The van der Waals surface area contributed by atoms with Gasteiger partial charge in [-0.3, -0.25) is 0 Å². The van der Waals surface area contributed by atoms with Gasteiger partial charge in [-0.05, 0) is 27.8 Å². The number of sulfone groups is 1. The van der Waals surface area contributed by atoms with Crippen molar-refractivity contribution in [1.82, 2.24) is 4.90 Å². The van der Waals surface area contributed by atoms with E-state index in [-0.39, 0.29) is 11.0 Å². The summed E-state index contributed by atoms with van der Waals surface area (Å²) in [7, 11) is -1.14. The standard InChI is InChI=1S/C9H21NO3S/c1-8(2)14(12,13)6-5-10(4)7-9(3)11/h8-9,11H,5-7H2,1-4H3. The fourth-order valence-corrected chi connectivity index (χ4v) is 2.10. The van der Waals surface area contributed by atoms with Crippen LogP contribution in [0.3, 0.4) is 0 Å². The van der Waals surface area contributed by atoms with Crippen molar-refractivity contribution in [2.45, 2.75) is 32.1 Å². The minimum atomic E-state index is -2.95. The predicted molar refractivity (Wildman–Crippen MR) is 58.1 cm³/mol. The fourth-order valence-electron chi connectivity index (χ4n) is 1.06. The number of hydrogen-bond acceptors (Lipinski definition) is 4. The van der Waals surface area contributed by atoms with Crippen molar-refractivity contribution >= 4 is 9.84 Å². The molecule has 86 valence electrons. The zero-order valence-electron chi connectivity index (χ0n) is 9.40. The third kappa shape index (κ3) is 5.57. The summed E-state index contributed by atoms with van der Waals surface area (Å²) in [6, 6.07) is 0. The van der Waals surface area contributed by atoms with Crippen LogP contribution in [0, 0.1) is 0 Å². The Morgan fingerprint density at radius 1 is 1.29 bits per heavy atom. The normalized spacial score (nSPS) is 15.1.